The van der Waals surface area contributed by atoms with Gasteiger partial charge in [0.05, 0.1) is 11.0 Å². The molecule has 6 nitrogen and oxygen atoms in total. The number of ether oxygens (including phenoxy) is 1. The van der Waals surface area contributed by atoms with E-state index in [4.69, 9.17) is 4.74 Å². The van der Waals surface area contributed by atoms with Crippen molar-refractivity contribution in [2.75, 3.05) is 18.5 Å². The molecule has 0 aromatic carbocycles. The second-order valence-corrected chi connectivity index (χ2v) is 5.16. The van der Waals surface area contributed by atoms with Crippen molar-refractivity contribution in [1.82, 2.24) is 4.98 Å². The normalized spacial score (nSPS) is 22.7. The van der Waals surface area contributed by atoms with Crippen LogP contribution in [0.15, 0.2) is 18.5 Å². The Morgan fingerprint density at radius 1 is 1.63 bits per heavy atom. The quantitative estimate of drug-likeness (QED) is 0.653. The second-order valence-electron chi connectivity index (χ2n) is 5.16. The summed E-state index contributed by atoms with van der Waals surface area (Å²) < 4.78 is 5.71. The standard InChI is InChI=1S/C13H19N3O3/c1-9(2)13-10(4-6-19-13)7-15-11-3-5-14-8-12(11)16(17)18/h3,5,8-10,13H,4,6-7H2,1-2H3,(H,14,15)/t10-,13-/m0/s1. The summed E-state index contributed by atoms with van der Waals surface area (Å²) in [5.74, 6) is 0.856. The highest BCUT2D eigenvalue weighted by atomic mass is 16.6. The number of pyridine rings is 1. The molecule has 0 aliphatic carbocycles. The number of nitro groups is 1. The molecule has 19 heavy (non-hydrogen) atoms. The Kier molecular flexibility index (Phi) is 4.31. The lowest BCUT2D eigenvalue weighted by Crippen LogP contribution is -2.28. The van der Waals surface area contributed by atoms with E-state index in [-0.39, 0.29) is 11.8 Å². The van der Waals surface area contributed by atoms with Crippen molar-refractivity contribution in [1.29, 1.82) is 0 Å². The first-order valence-corrected chi connectivity index (χ1v) is 6.53. The predicted molar refractivity (Wildman–Crippen MR) is 72.1 cm³/mol. The Balaban J connectivity index is 2.01. The highest BCUT2D eigenvalue weighted by Crippen LogP contribution is 2.28. The van der Waals surface area contributed by atoms with Crippen molar-refractivity contribution in [3.8, 4) is 0 Å². The van der Waals surface area contributed by atoms with E-state index in [0.29, 0.717) is 24.1 Å². The number of hydrogen-bond donors (Lipinski definition) is 1. The van der Waals surface area contributed by atoms with Gasteiger partial charge in [0, 0.05) is 25.3 Å². The van der Waals surface area contributed by atoms with Gasteiger partial charge in [-0.05, 0) is 18.4 Å². The Hall–Kier alpha value is -1.69. The van der Waals surface area contributed by atoms with Crippen molar-refractivity contribution in [2.45, 2.75) is 26.4 Å². The maximum atomic E-state index is 10.9. The molecule has 1 aromatic heterocycles. The van der Waals surface area contributed by atoms with Gasteiger partial charge in [-0.15, -0.1) is 0 Å². The minimum absolute atomic E-state index is 0.0162. The summed E-state index contributed by atoms with van der Waals surface area (Å²) in [5, 5.41) is 14.1. The zero-order valence-corrected chi connectivity index (χ0v) is 11.2. The molecule has 2 atom stereocenters. The molecule has 1 N–H and O–H groups in total. The van der Waals surface area contributed by atoms with E-state index in [1.165, 1.54) is 6.20 Å². The number of hydrogen-bond acceptors (Lipinski definition) is 5. The van der Waals surface area contributed by atoms with Gasteiger partial charge in [-0.25, -0.2) is 0 Å². The van der Waals surface area contributed by atoms with Crippen LogP contribution < -0.4 is 5.32 Å². The summed E-state index contributed by atoms with van der Waals surface area (Å²) in [5.41, 5.74) is 0.539. The highest BCUT2D eigenvalue weighted by molar-refractivity contribution is 5.59. The molecule has 2 heterocycles. The van der Waals surface area contributed by atoms with E-state index < -0.39 is 4.92 Å². The molecule has 6 heteroatoms. The average molecular weight is 265 g/mol. The third kappa shape index (κ3) is 3.20. The van der Waals surface area contributed by atoms with Gasteiger partial charge >= 0.3 is 5.69 Å². The van der Waals surface area contributed by atoms with Crippen LogP contribution >= 0.6 is 0 Å². The van der Waals surface area contributed by atoms with Gasteiger partial charge in [0.25, 0.3) is 0 Å². The fourth-order valence-corrected chi connectivity index (χ4v) is 2.53. The molecule has 1 saturated heterocycles. The van der Waals surface area contributed by atoms with Crippen LogP contribution in [0.5, 0.6) is 0 Å². The average Bonchev–Trinajstić information content (AvgIpc) is 2.85. The minimum atomic E-state index is -0.416. The van der Waals surface area contributed by atoms with Gasteiger partial charge in [0.15, 0.2) is 0 Å². The summed E-state index contributed by atoms with van der Waals surface area (Å²) >= 11 is 0. The molecule has 0 radical (unpaired) electrons. The summed E-state index contributed by atoms with van der Waals surface area (Å²) in [6.07, 6.45) is 4.05. The van der Waals surface area contributed by atoms with Crippen LogP contribution in [0, 0.1) is 22.0 Å². The van der Waals surface area contributed by atoms with Crippen LogP contribution in [-0.2, 0) is 4.74 Å². The molecule has 1 aromatic rings. The molecule has 0 unspecified atom stereocenters. The largest absolute Gasteiger partial charge is 0.379 e. The molecule has 1 aliphatic rings. The smallest absolute Gasteiger partial charge is 0.310 e. The van der Waals surface area contributed by atoms with Gasteiger partial charge in [0.2, 0.25) is 0 Å². The zero-order valence-electron chi connectivity index (χ0n) is 11.2. The SMILES string of the molecule is CC(C)[C@@H]1OCC[C@H]1CNc1ccncc1[N+](=O)[O-]. The Labute approximate surface area is 112 Å². The molecular formula is C13H19N3O3. The van der Waals surface area contributed by atoms with E-state index in [2.05, 4.69) is 24.1 Å². The lowest BCUT2D eigenvalue weighted by molar-refractivity contribution is -0.384. The topological polar surface area (TPSA) is 77.3 Å². The van der Waals surface area contributed by atoms with Crippen LogP contribution in [0.1, 0.15) is 20.3 Å². The molecule has 0 amide bonds. The Morgan fingerprint density at radius 2 is 2.42 bits per heavy atom. The maximum Gasteiger partial charge on any atom is 0.310 e. The Bertz CT molecular complexity index is 451. The number of aromatic nitrogens is 1. The first-order chi connectivity index (χ1) is 9.09. The third-order valence-corrected chi connectivity index (χ3v) is 3.47. The van der Waals surface area contributed by atoms with Gasteiger partial charge in [-0.2, -0.15) is 0 Å². The van der Waals surface area contributed by atoms with Gasteiger partial charge in [-0.1, -0.05) is 13.8 Å². The van der Waals surface area contributed by atoms with E-state index in [0.717, 1.165) is 13.0 Å². The summed E-state index contributed by atoms with van der Waals surface area (Å²) in [6, 6.07) is 1.64. The van der Waals surface area contributed by atoms with Crippen molar-refractivity contribution in [3.05, 3.63) is 28.6 Å². The van der Waals surface area contributed by atoms with E-state index in [9.17, 15) is 10.1 Å². The van der Waals surface area contributed by atoms with Crippen LogP contribution in [0.2, 0.25) is 0 Å². The predicted octanol–water partition coefficient (Wildman–Crippen LogP) is 2.46. The molecular weight excluding hydrogens is 246 g/mol. The van der Waals surface area contributed by atoms with Crippen molar-refractivity contribution < 1.29 is 9.66 Å². The van der Waals surface area contributed by atoms with Gasteiger partial charge in [0.1, 0.15) is 11.9 Å². The van der Waals surface area contributed by atoms with Crippen molar-refractivity contribution in [3.63, 3.8) is 0 Å². The summed E-state index contributed by atoms with van der Waals surface area (Å²) in [4.78, 5) is 14.3. The summed E-state index contributed by atoms with van der Waals surface area (Å²) in [6.45, 7) is 5.73. The molecule has 2 rings (SSSR count). The van der Waals surface area contributed by atoms with Gasteiger partial charge in [-0.3, -0.25) is 15.1 Å². The molecule has 0 saturated carbocycles. The number of nitrogens with zero attached hydrogens (tertiary/aromatic N) is 2. The van der Waals surface area contributed by atoms with Crippen molar-refractivity contribution >= 4 is 11.4 Å². The second kappa shape index (κ2) is 5.97. The number of rotatable bonds is 5. The first kappa shape index (κ1) is 13.7. The zero-order chi connectivity index (χ0) is 13.8. The highest BCUT2D eigenvalue weighted by Gasteiger charge is 2.30. The van der Waals surface area contributed by atoms with E-state index >= 15 is 0 Å². The van der Waals surface area contributed by atoms with Crippen LogP contribution in [0.3, 0.4) is 0 Å². The van der Waals surface area contributed by atoms with E-state index in [1.54, 1.807) is 12.3 Å². The molecule has 1 fully saturated rings. The lowest BCUT2D eigenvalue weighted by Gasteiger charge is -2.22. The maximum absolute atomic E-state index is 10.9. The lowest BCUT2D eigenvalue weighted by atomic mass is 9.93. The number of anilines is 1. The Morgan fingerprint density at radius 3 is 3.11 bits per heavy atom. The molecule has 1 aliphatic heterocycles. The molecule has 0 spiro atoms. The summed E-state index contributed by atoms with van der Waals surface area (Å²) in [7, 11) is 0. The minimum Gasteiger partial charge on any atom is -0.379 e. The van der Waals surface area contributed by atoms with Crippen LogP contribution in [0.4, 0.5) is 11.4 Å². The molecule has 0 bridgehead atoms. The van der Waals surface area contributed by atoms with Crippen LogP contribution in [0.25, 0.3) is 0 Å². The monoisotopic (exact) mass is 265 g/mol. The van der Waals surface area contributed by atoms with Crippen LogP contribution in [-0.4, -0.2) is 29.2 Å². The fourth-order valence-electron chi connectivity index (χ4n) is 2.53. The third-order valence-electron chi connectivity index (χ3n) is 3.47. The fraction of sp³-hybridized carbons (Fsp3) is 0.615. The number of nitrogens with one attached hydrogen (secondary N) is 1. The first-order valence-electron chi connectivity index (χ1n) is 6.53. The molecule has 104 valence electrons. The van der Waals surface area contributed by atoms with Gasteiger partial charge < -0.3 is 10.1 Å². The van der Waals surface area contributed by atoms with E-state index in [1.807, 2.05) is 0 Å². The van der Waals surface area contributed by atoms with Crippen molar-refractivity contribution in [2.24, 2.45) is 11.8 Å².